The maximum Gasteiger partial charge on any atom is 0.338 e. The molecule has 2 aromatic carbocycles. The summed E-state index contributed by atoms with van der Waals surface area (Å²) in [6.07, 6.45) is 3.77. The monoisotopic (exact) mass is 353 g/mol. The number of hydrogen-bond donors (Lipinski definition) is 0. The van der Waals surface area contributed by atoms with Gasteiger partial charge in [0.15, 0.2) is 6.61 Å². The van der Waals surface area contributed by atoms with Gasteiger partial charge in [-0.25, -0.2) is 9.18 Å². The lowest BCUT2D eigenvalue weighted by Crippen LogP contribution is -2.15. The SMILES string of the molecule is COc1ccc(F)cc1C(=O)COC(=O)c1ccc(-n2cccc2)cc1. The summed E-state index contributed by atoms with van der Waals surface area (Å²) >= 11 is 0. The third-order valence-corrected chi connectivity index (χ3v) is 3.80. The van der Waals surface area contributed by atoms with Gasteiger partial charge in [-0.1, -0.05) is 0 Å². The molecule has 0 fully saturated rings. The Morgan fingerprint density at radius 3 is 2.38 bits per heavy atom. The average molecular weight is 353 g/mol. The van der Waals surface area contributed by atoms with Crippen LogP contribution >= 0.6 is 0 Å². The Labute approximate surface area is 149 Å². The van der Waals surface area contributed by atoms with Gasteiger partial charge in [0.25, 0.3) is 0 Å². The number of methoxy groups -OCH3 is 1. The molecule has 0 bridgehead atoms. The predicted molar refractivity (Wildman–Crippen MR) is 93.3 cm³/mol. The number of esters is 1. The Bertz CT molecular complexity index is 917. The summed E-state index contributed by atoms with van der Waals surface area (Å²) in [5.41, 5.74) is 1.25. The van der Waals surface area contributed by atoms with E-state index in [0.29, 0.717) is 5.56 Å². The molecule has 0 atom stereocenters. The third-order valence-electron chi connectivity index (χ3n) is 3.80. The van der Waals surface area contributed by atoms with E-state index in [1.165, 1.54) is 19.2 Å². The van der Waals surface area contributed by atoms with E-state index in [1.54, 1.807) is 24.3 Å². The first-order valence-corrected chi connectivity index (χ1v) is 7.86. The zero-order valence-corrected chi connectivity index (χ0v) is 14.0. The van der Waals surface area contributed by atoms with Crippen molar-refractivity contribution in [3.63, 3.8) is 0 Å². The number of carbonyl (C=O) groups excluding carboxylic acids is 2. The second-order valence-electron chi connectivity index (χ2n) is 5.48. The van der Waals surface area contributed by atoms with Gasteiger partial charge in [-0.3, -0.25) is 4.79 Å². The molecule has 1 aromatic heterocycles. The minimum Gasteiger partial charge on any atom is -0.496 e. The average Bonchev–Trinajstić information content (AvgIpc) is 3.20. The quantitative estimate of drug-likeness (QED) is 0.501. The fourth-order valence-electron chi connectivity index (χ4n) is 2.47. The van der Waals surface area contributed by atoms with Crippen molar-refractivity contribution in [1.82, 2.24) is 4.57 Å². The van der Waals surface area contributed by atoms with E-state index in [0.717, 1.165) is 11.8 Å². The molecule has 0 aliphatic heterocycles. The summed E-state index contributed by atoms with van der Waals surface area (Å²) in [5, 5.41) is 0. The van der Waals surface area contributed by atoms with Crippen LogP contribution in [0.4, 0.5) is 4.39 Å². The molecule has 26 heavy (non-hydrogen) atoms. The summed E-state index contributed by atoms with van der Waals surface area (Å²) in [7, 11) is 1.38. The van der Waals surface area contributed by atoms with Crippen molar-refractivity contribution in [3.8, 4) is 11.4 Å². The molecule has 3 rings (SSSR count). The zero-order valence-electron chi connectivity index (χ0n) is 14.0. The van der Waals surface area contributed by atoms with Crippen LogP contribution in [0.5, 0.6) is 5.75 Å². The highest BCUT2D eigenvalue weighted by Crippen LogP contribution is 2.20. The second-order valence-corrected chi connectivity index (χ2v) is 5.48. The minimum atomic E-state index is -0.632. The summed E-state index contributed by atoms with van der Waals surface area (Å²) in [6, 6.07) is 14.2. The lowest BCUT2D eigenvalue weighted by Gasteiger charge is -2.09. The maximum absolute atomic E-state index is 13.3. The Kier molecular flexibility index (Phi) is 5.12. The molecule has 0 radical (unpaired) electrons. The largest absolute Gasteiger partial charge is 0.496 e. The predicted octanol–water partition coefficient (Wildman–Crippen LogP) is 3.66. The van der Waals surface area contributed by atoms with Gasteiger partial charge in [-0.05, 0) is 54.6 Å². The van der Waals surface area contributed by atoms with Crippen LogP contribution in [0.1, 0.15) is 20.7 Å². The van der Waals surface area contributed by atoms with Gasteiger partial charge in [0.05, 0.1) is 18.2 Å². The fourth-order valence-corrected chi connectivity index (χ4v) is 2.47. The van der Waals surface area contributed by atoms with Crippen molar-refractivity contribution < 1.29 is 23.5 Å². The summed E-state index contributed by atoms with van der Waals surface area (Å²) in [4.78, 5) is 24.3. The molecule has 0 aliphatic carbocycles. The highest BCUT2D eigenvalue weighted by atomic mass is 19.1. The van der Waals surface area contributed by atoms with Crippen LogP contribution in [0.3, 0.4) is 0 Å². The number of ketones is 1. The highest BCUT2D eigenvalue weighted by molar-refractivity contribution is 6.01. The minimum absolute atomic E-state index is 0.0308. The van der Waals surface area contributed by atoms with E-state index in [-0.39, 0.29) is 11.3 Å². The number of Topliss-reactive ketones (excluding diaryl/α,β-unsaturated/α-hetero) is 1. The van der Waals surface area contributed by atoms with E-state index in [9.17, 15) is 14.0 Å². The number of benzene rings is 2. The van der Waals surface area contributed by atoms with E-state index < -0.39 is 24.2 Å². The lowest BCUT2D eigenvalue weighted by molar-refractivity contribution is 0.0474. The van der Waals surface area contributed by atoms with Crippen LogP contribution in [0.15, 0.2) is 67.0 Å². The standard InChI is InChI=1S/C20H16FNO4/c1-25-19-9-6-15(21)12-17(19)18(23)13-26-20(24)14-4-7-16(8-5-14)22-10-2-3-11-22/h2-12H,13H2,1H3. The van der Waals surface area contributed by atoms with Crippen LogP contribution in [-0.2, 0) is 4.74 Å². The van der Waals surface area contributed by atoms with Gasteiger partial charge >= 0.3 is 5.97 Å². The Morgan fingerprint density at radius 2 is 1.73 bits per heavy atom. The topological polar surface area (TPSA) is 57.5 Å². The van der Waals surface area contributed by atoms with Crippen LogP contribution < -0.4 is 4.74 Å². The van der Waals surface area contributed by atoms with Gasteiger partial charge in [0.1, 0.15) is 11.6 Å². The fraction of sp³-hybridized carbons (Fsp3) is 0.100. The van der Waals surface area contributed by atoms with Crippen molar-refractivity contribution >= 4 is 11.8 Å². The number of aromatic nitrogens is 1. The molecule has 6 heteroatoms. The Balaban J connectivity index is 1.65. The molecule has 0 saturated carbocycles. The first kappa shape index (κ1) is 17.4. The molecular formula is C20H16FNO4. The van der Waals surface area contributed by atoms with E-state index >= 15 is 0 Å². The second kappa shape index (κ2) is 7.65. The molecule has 132 valence electrons. The normalized spacial score (nSPS) is 10.4. The summed E-state index contributed by atoms with van der Waals surface area (Å²) in [5.74, 6) is -1.52. The van der Waals surface area contributed by atoms with Crippen LogP contribution in [0, 0.1) is 5.82 Å². The number of hydrogen-bond acceptors (Lipinski definition) is 4. The van der Waals surface area contributed by atoms with Crippen LogP contribution in [-0.4, -0.2) is 30.0 Å². The Morgan fingerprint density at radius 1 is 1.04 bits per heavy atom. The molecular weight excluding hydrogens is 337 g/mol. The smallest absolute Gasteiger partial charge is 0.338 e. The van der Waals surface area contributed by atoms with Gasteiger partial charge in [0, 0.05) is 18.1 Å². The van der Waals surface area contributed by atoms with E-state index in [4.69, 9.17) is 9.47 Å². The molecule has 0 unspecified atom stereocenters. The number of nitrogens with zero attached hydrogens (tertiary/aromatic N) is 1. The molecule has 0 spiro atoms. The first-order chi connectivity index (χ1) is 12.6. The maximum atomic E-state index is 13.3. The summed E-state index contributed by atoms with van der Waals surface area (Å²) < 4.78 is 25.3. The molecule has 0 N–H and O–H groups in total. The number of carbonyl (C=O) groups is 2. The van der Waals surface area contributed by atoms with Gasteiger partial charge in [0.2, 0.25) is 5.78 Å². The highest BCUT2D eigenvalue weighted by Gasteiger charge is 2.16. The van der Waals surface area contributed by atoms with E-state index in [1.807, 2.05) is 29.1 Å². The van der Waals surface area contributed by atoms with Crippen molar-refractivity contribution in [1.29, 1.82) is 0 Å². The first-order valence-electron chi connectivity index (χ1n) is 7.86. The van der Waals surface area contributed by atoms with Crippen molar-refractivity contribution in [2.75, 3.05) is 13.7 Å². The summed E-state index contributed by atoms with van der Waals surface area (Å²) in [6.45, 7) is -0.502. The van der Waals surface area contributed by atoms with Crippen LogP contribution in [0.25, 0.3) is 5.69 Å². The lowest BCUT2D eigenvalue weighted by atomic mass is 10.1. The van der Waals surface area contributed by atoms with Gasteiger partial charge < -0.3 is 14.0 Å². The zero-order chi connectivity index (χ0) is 18.5. The molecule has 0 aliphatic rings. The molecule has 3 aromatic rings. The van der Waals surface area contributed by atoms with E-state index in [2.05, 4.69) is 0 Å². The van der Waals surface area contributed by atoms with Gasteiger partial charge in [-0.2, -0.15) is 0 Å². The molecule has 0 saturated heterocycles. The molecule has 1 heterocycles. The van der Waals surface area contributed by atoms with Crippen molar-refractivity contribution in [2.24, 2.45) is 0 Å². The molecule has 5 nitrogen and oxygen atoms in total. The van der Waals surface area contributed by atoms with Crippen molar-refractivity contribution in [2.45, 2.75) is 0 Å². The number of ether oxygens (including phenoxy) is 2. The number of halogens is 1. The van der Waals surface area contributed by atoms with Crippen LogP contribution in [0.2, 0.25) is 0 Å². The third kappa shape index (κ3) is 3.80. The van der Waals surface area contributed by atoms with Gasteiger partial charge in [-0.15, -0.1) is 0 Å². The molecule has 0 amide bonds. The Hall–Kier alpha value is -3.41. The van der Waals surface area contributed by atoms with Crippen molar-refractivity contribution in [3.05, 3.63) is 83.9 Å². The number of rotatable bonds is 6.